The second-order valence-electron chi connectivity index (χ2n) is 6.56. The van der Waals surface area contributed by atoms with Gasteiger partial charge in [0, 0.05) is 41.6 Å². The summed E-state index contributed by atoms with van der Waals surface area (Å²) in [6.07, 6.45) is 4.95. The van der Waals surface area contributed by atoms with Gasteiger partial charge < -0.3 is 25.4 Å². The number of rotatable bonds is 7. The molecule has 162 valence electrons. The Morgan fingerprint density at radius 2 is 1.59 bits per heavy atom. The molecule has 0 spiro atoms. The lowest BCUT2D eigenvalue weighted by atomic mass is 10.2. The van der Waals surface area contributed by atoms with Crippen LogP contribution in [0.15, 0.2) is 73.3 Å². The molecule has 2 heterocycles. The van der Waals surface area contributed by atoms with Crippen molar-refractivity contribution in [3.05, 3.63) is 73.3 Å². The van der Waals surface area contributed by atoms with E-state index in [4.69, 9.17) is 9.47 Å². The van der Waals surface area contributed by atoms with E-state index in [1.54, 1.807) is 60.6 Å². The number of ether oxygens (including phenoxy) is 2. The summed E-state index contributed by atoms with van der Waals surface area (Å²) in [5, 5.41) is 12.9. The Bertz CT molecular complexity index is 1190. The number of urea groups is 1. The van der Waals surface area contributed by atoms with Crippen LogP contribution < -0.4 is 25.4 Å². The van der Waals surface area contributed by atoms with Crippen LogP contribution in [0.2, 0.25) is 0 Å². The zero-order valence-electron chi connectivity index (χ0n) is 17.4. The van der Waals surface area contributed by atoms with Crippen LogP contribution in [-0.4, -0.2) is 40.0 Å². The number of carbonyl (C=O) groups excluding carboxylic acids is 1. The third kappa shape index (κ3) is 4.93. The maximum absolute atomic E-state index is 12.3. The van der Waals surface area contributed by atoms with E-state index in [0.717, 1.165) is 5.69 Å². The number of amides is 2. The van der Waals surface area contributed by atoms with Gasteiger partial charge in [-0.1, -0.05) is 0 Å². The van der Waals surface area contributed by atoms with Crippen LogP contribution >= 0.6 is 0 Å². The SMILES string of the molecule is COc1ccc(NC(=O)Nc2ccc(Nc3cc(-n4cccn4)ncn3)cc2)cc1OC. The van der Waals surface area contributed by atoms with Gasteiger partial charge in [-0.3, -0.25) is 0 Å². The van der Waals surface area contributed by atoms with Gasteiger partial charge in [0.05, 0.1) is 14.2 Å². The number of hydrogen-bond acceptors (Lipinski definition) is 7. The van der Waals surface area contributed by atoms with Gasteiger partial charge in [0.25, 0.3) is 0 Å². The van der Waals surface area contributed by atoms with Crippen LogP contribution in [-0.2, 0) is 0 Å². The molecule has 3 N–H and O–H groups in total. The molecule has 0 aliphatic carbocycles. The van der Waals surface area contributed by atoms with E-state index in [1.807, 2.05) is 18.2 Å². The number of benzene rings is 2. The van der Waals surface area contributed by atoms with Crippen LogP contribution in [0.25, 0.3) is 5.82 Å². The Hall–Kier alpha value is -4.60. The summed E-state index contributed by atoms with van der Waals surface area (Å²) >= 11 is 0. The molecular formula is C22H21N7O3. The second kappa shape index (κ2) is 9.47. The highest BCUT2D eigenvalue weighted by atomic mass is 16.5. The maximum atomic E-state index is 12.3. The van der Waals surface area contributed by atoms with Crippen molar-refractivity contribution in [2.45, 2.75) is 0 Å². The lowest BCUT2D eigenvalue weighted by Gasteiger charge is -2.12. The maximum Gasteiger partial charge on any atom is 0.323 e. The molecule has 0 bridgehead atoms. The second-order valence-corrected chi connectivity index (χ2v) is 6.56. The first kappa shape index (κ1) is 20.7. The van der Waals surface area contributed by atoms with E-state index >= 15 is 0 Å². The minimum atomic E-state index is -0.377. The Morgan fingerprint density at radius 1 is 0.875 bits per heavy atom. The number of nitrogens with zero attached hydrogens (tertiary/aromatic N) is 4. The van der Waals surface area contributed by atoms with Gasteiger partial charge in [0.2, 0.25) is 0 Å². The summed E-state index contributed by atoms with van der Waals surface area (Å²) in [5.41, 5.74) is 2.02. The molecule has 0 fully saturated rings. The molecule has 2 aromatic heterocycles. The Kier molecular flexibility index (Phi) is 6.12. The average molecular weight is 431 g/mol. The number of hydrogen-bond donors (Lipinski definition) is 3. The van der Waals surface area contributed by atoms with E-state index < -0.39 is 0 Å². The van der Waals surface area contributed by atoms with Crippen molar-refractivity contribution in [2.75, 3.05) is 30.2 Å². The predicted octanol–water partition coefficient (Wildman–Crippen LogP) is 4.07. The molecule has 0 atom stereocenters. The summed E-state index contributed by atoms with van der Waals surface area (Å²) < 4.78 is 12.1. The molecule has 10 nitrogen and oxygen atoms in total. The summed E-state index contributed by atoms with van der Waals surface area (Å²) in [5.74, 6) is 2.39. The van der Waals surface area contributed by atoms with Crippen molar-refractivity contribution >= 4 is 28.9 Å². The highest BCUT2D eigenvalue weighted by Crippen LogP contribution is 2.29. The number of methoxy groups -OCH3 is 2. The van der Waals surface area contributed by atoms with E-state index in [1.165, 1.54) is 13.4 Å². The standard InChI is InChI=1S/C22H21N7O3/c1-31-18-9-8-17(12-19(18)32-2)28-22(30)27-16-6-4-15(5-7-16)26-20-13-21(24-14-23-20)29-11-3-10-25-29/h3-14H,1-2H3,(H,23,24,26)(H2,27,28,30). The van der Waals surface area contributed by atoms with Gasteiger partial charge >= 0.3 is 6.03 Å². The van der Waals surface area contributed by atoms with Gasteiger partial charge in [-0.15, -0.1) is 0 Å². The Balaban J connectivity index is 1.37. The third-order valence-corrected chi connectivity index (χ3v) is 4.45. The minimum absolute atomic E-state index is 0.377. The van der Waals surface area contributed by atoms with Crippen LogP contribution in [0, 0.1) is 0 Å². The van der Waals surface area contributed by atoms with E-state index in [2.05, 4.69) is 31.0 Å². The first-order valence-corrected chi connectivity index (χ1v) is 9.64. The van der Waals surface area contributed by atoms with Gasteiger partial charge in [-0.25, -0.2) is 19.4 Å². The lowest BCUT2D eigenvalue weighted by Crippen LogP contribution is -2.19. The van der Waals surface area contributed by atoms with E-state index in [-0.39, 0.29) is 6.03 Å². The van der Waals surface area contributed by atoms with Gasteiger partial charge in [-0.05, 0) is 42.5 Å². The van der Waals surface area contributed by atoms with Crippen LogP contribution in [0.3, 0.4) is 0 Å². The molecule has 32 heavy (non-hydrogen) atoms. The van der Waals surface area contributed by atoms with Crippen molar-refractivity contribution in [3.63, 3.8) is 0 Å². The van der Waals surface area contributed by atoms with Crippen molar-refractivity contribution in [3.8, 4) is 17.3 Å². The zero-order valence-corrected chi connectivity index (χ0v) is 17.4. The van der Waals surface area contributed by atoms with E-state index in [0.29, 0.717) is 34.5 Å². The topological polar surface area (TPSA) is 115 Å². The molecule has 0 unspecified atom stereocenters. The van der Waals surface area contributed by atoms with Crippen LogP contribution in [0.4, 0.5) is 27.7 Å². The third-order valence-electron chi connectivity index (χ3n) is 4.45. The van der Waals surface area contributed by atoms with Gasteiger partial charge in [0.1, 0.15) is 12.1 Å². The first-order chi connectivity index (χ1) is 15.6. The Labute approximate surface area is 184 Å². The minimum Gasteiger partial charge on any atom is -0.493 e. The van der Waals surface area contributed by atoms with Gasteiger partial charge in [0.15, 0.2) is 17.3 Å². The molecule has 4 aromatic rings. The summed E-state index contributed by atoms with van der Waals surface area (Å²) in [6.45, 7) is 0. The lowest BCUT2D eigenvalue weighted by molar-refractivity contribution is 0.262. The van der Waals surface area contributed by atoms with E-state index in [9.17, 15) is 4.79 Å². The quantitative estimate of drug-likeness (QED) is 0.404. The van der Waals surface area contributed by atoms with Crippen molar-refractivity contribution < 1.29 is 14.3 Å². The molecule has 2 amide bonds. The van der Waals surface area contributed by atoms with Crippen LogP contribution in [0.5, 0.6) is 11.5 Å². The molecule has 0 aliphatic rings. The zero-order chi connectivity index (χ0) is 22.3. The average Bonchev–Trinajstić information content (AvgIpc) is 3.35. The summed E-state index contributed by atoms with van der Waals surface area (Å²) in [7, 11) is 3.09. The molecule has 10 heteroatoms. The molecular weight excluding hydrogens is 410 g/mol. The fourth-order valence-electron chi connectivity index (χ4n) is 2.94. The monoisotopic (exact) mass is 431 g/mol. The highest BCUT2D eigenvalue weighted by Gasteiger charge is 2.08. The molecule has 0 saturated carbocycles. The van der Waals surface area contributed by atoms with Gasteiger partial charge in [-0.2, -0.15) is 5.10 Å². The summed E-state index contributed by atoms with van der Waals surface area (Å²) in [4.78, 5) is 20.8. The largest absolute Gasteiger partial charge is 0.493 e. The molecule has 4 rings (SSSR count). The predicted molar refractivity (Wildman–Crippen MR) is 121 cm³/mol. The number of aromatic nitrogens is 4. The molecule has 2 aromatic carbocycles. The van der Waals surface area contributed by atoms with Crippen LogP contribution in [0.1, 0.15) is 0 Å². The number of anilines is 4. The smallest absolute Gasteiger partial charge is 0.323 e. The Morgan fingerprint density at radius 3 is 2.31 bits per heavy atom. The molecule has 0 radical (unpaired) electrons. The number of carbonyl (C=O) groups is 1. The van der Waals surface area contributed by atoms with Crippen molar-refractivity contribution in [1.29, 1.82) is 0 Å². The fraction of sp³-hybridized carbons (Fsp3) is 0.0909. The molecule has 0 aliphatic heterocycles. The highest BCUT2D eigenvalue weighted by molar-refractivity contribution is 6.00. The van der Waals surface area contributed by atoms with Crippen molar-refractivity contribution in [2.24, 2.45) is 0 Å². The molecule has 0 saturated heterocycles. The van der Waals surface area contributed by atoms with Crippen molar-refractivity contribution in [1.82, 2.24) is 19.7 Å². The fourth-order valence-corrected chi connectivity index (χ4v) is 2.94. The first-order valence-electron chi connectivity index (χ1n) is 9.64. The number of nitrogens with one attached hydrogen (secondary N) is 3. The normalized spacial score (nSPS) is 10.3. The summed E-state index contributed by atoms with van der Waals surface area (Å²) in [6, 6.07) is 15.6.